The van der Waals surface area contributed by atoms with Gasteiger partial charge in [0.2, 0.25) is 11.8 Å². The van der Waals surface area contributed by atoms with E-state index in [0.717, 1.165) is 29.9 Å². The van der Waals surface area contributed by atoms with Gasteiger partial charge >= 0.3 is 0 Å². The number of hydrogen-bond donors (Lipinski definition) is 1. The number of nitrogens with one attached hydrogen (secondary N) is 1. The molecular weight excluding hydrogens is 320 g/mol. The Kier molecular flexibility index (Phi) is 4.88. The number of fused-ring (bicyclic) bond motifs is 1. The molecule has 2 aliphatic heterocycles. The van der Waals surface area contributed by atoms with Gasteiger partial charge in [-0.1, -0.05) is 19.9 Å². The lowest BCUT2D eigenvalue weighted by molar-refractivity contribution is -0.136. The highest BCUT2D eigenvalue weighted by molar-refractivity contribution is 5.87. The highest BCUT2D eigenvalue weighted by Gasteiger charge is 2.33. The van der Waals surface area contributed by atoms with Crippen LogP contribution in [0.1, 0.15) is 39.2 Å². The summed E-state index contributed by atoms with van der Waals surface area (Å²) in [5, 5.41) is 3.02. The summed E-state index contributed by atoms with van der Waals surface area (Å²) in [6.45, 7) is 7.96. The zero-order valence-electron chi connectivity index (χ0n) is 15.1. The zero-order chi connectivity index (χ0) is 18.0. The van der Waals surface area contributed by atoms with Gasteiger partial charge < -0.3 is 19.7 Å². The van der Waals surface area contributed by atoms with Crippen LogP contribution in [0.5, 0.6) is 11.5 Å². The Morgan fingerprint density at radius 1 is 1.24 bits per heavy atom. The number of ether oxygens (including phenoxy) is 2. The van der Waals surface area contributed by atoms with Crippen molar-refractivity contribution in [3.05, 3.63) is 23.8 Å². The number of amides is 2. The Morgan fingerprint density at radius 3 is 2.68 bits per heavy atom. The normalized spacial score (nSPS) is 19.6. The first-order chi connectivity index (χ1) is 11.9. The smallest absolute Gasteiger partial charge is 0.242 e. The van der Waals surface area contributed by atoms with Crippen LogP contribution in [0.15, 0.2) is 18.2 Å². The van der Waals surface area contributed by atoms with Gasteiger partial charge in [0.15, 0.2) is 11.5 Å². The van der Waals surface area contributed by atoms with Crippen molar-refractivity contribution in [1.82, 2.24) is 10.2 Å². The molecule has 25 heavy (non-hydrogen) atoms. The number of hydrogen-bond acceptors (Lipinski definition) is 4. The summed E-state index contributed by atoms with van der Waals surface area (Å²) >= 11 is 0. The van der Waals surface area contributed by atoms with E-state index < -0.39 is 0 Å². The Labute approximate surface area is 148 Å². The van der Waals surface area contributed by atoms with Crippen molar-refractivity contribution < 1.29 is 19.1 Å². The van der Waals surface area contributed by atoms with Crippen molar-refractivity contribution in [3.8, 4) is 11.5 Å². The number of nitrogens with zero attached hydrogens (tertiary/aromatic N) is 1. The largest absolute Gasteiger partial charge is 0.486 e. The molecule has 3 rings (SSSR count). The number of rotatable bonds is 4. The average molecular weight is 346 g/mol. The van der Waals surface area contributed by atoms with Crippen LogP contribution >= 0.6 is 0 Å². The van der Waals surface area contributed by atoms with Gasteiger partial charge in [0.25, 0.3) is 0 Å². The SMILES string of the molecule is CC(=O)N1CCC[C@H]1C(=O)NCC(C)(C)c1ccc2c(c1)OCCO2. The van der Waals surface area contributed by atoms with Gasteiger partial charge in [-0.25, -0.2) is 0 Å². The maximum Gasteiger partial charge on any atom is 0.242 e. The van der Waals surface area contributed by atoms with Crippen molar-refractivity contribution in [2.24, 2.45) is 0 Å². The van der Waals surface area contributed by atoms with E-state index in [9.17, 15) is 9.59 Å². The third-order valence-electron chi connectivity index (χ3n) is 4.99. The van der Waals surface area contributed by atoms with Gasteiger partial charge in [0.05, 0.1) is 0 Å². The van der Waals surface area contributed by atoms with E-state index in [-0.39, 0.29) is 23.3 Å². The summed E-state index contributed by atoms with van der Waals surface area (Å²) in [6, 6.07) is 5.57. The second-order valence-corrected chi connectivity index (χ2v) is 7.33. The van der Waals surface area contributed by atoms with E-state index >= 15 is 0 Å². The van der Waals surface area contributed by atoms with Crippen LogP contribution in [0, 0.1) is 0 Å². The molecule has 0 saturated carbocycles. The minimum atomic E-state index is -0.339. The lowest BCUT2D eigenvalue weighted by atomic mass is 9.84. The summed E-state index contributed by atoms with van der Waals surface area (Å²) in [4.78, 5) is 25.8. The van der Waals surface area contributed by atoms with Gasteiger partial charge in [-0.15, -0.1) is 0 Å². The summed E-state index contributed by atoms with van der Waals surface area (Å²) in [5.74, 6) is 1.40. The summed E-state index contributed by atoms with van der Waals surface area (Å²) in [7, 11) is 0. The van der Waals surface area contributed by atoms with Crippen molar-refractivity contribution in [3.63, 3.8) is 0 Å². The van der Waals surface area contributed by atoms with Crippen LogP contribution in [0.3, 0.4) is 0 Å². The molecule has 2 aliphatic rings. The van der Waals surface area contributed by atoms with E-state index in [1.54, 1.807) is 4.90 Å². The fraction of sp³-hybridized carbons (Fsp3) is 0.579. The molecule has 1 atom stereocenters. The molecule has 0 aromatic heterocycles. The highest BCUT2D eigenvalue weighted by atomic mass is 16.6. The molecule has 0 unspecified atom stereocenters. The summed E-state index contributed by atoms with van der Waals surface area (Å²) in [5.41, 5.74) is 0.817. The molecule has 0 aliphatic carbocycles. The standard InChI is InChI=1S/C19H26N2O4/c1-13(22)21-8-4-5-15(21)18(23)20-12-19(2,3)14-6-7-16-17(11-14)25-10-9-24-16/h6-7,11,15H,4-5,8-10,12H2,1-3H3,(H,20,23)/t15-/m0/s1. The fourth-order valence-electron chi connectivity index (χ4n) is 3.41. The Balaban J connectivity index is 1.65. The molecular formula is C19H26N2O4. The number of benzene rings is 1. The minimum absolute atomic E-state index is 0.0382. The highest BCUT2D eigenvalue weighted by Crippen LogP contribution is 2.35. The quantitative estimate of drug-likeness (QED) is 0.904. The van der Waals surface area contributed by atoms with E-state index in [1.807, 2.05) is 18.2 Å². The van der Waals surface area contributed by atoms with Gasteiger partial charge in [0, 0.05) is 25.4 Å². The molecule has 0 spiro atoms. The molecule has 0 bridgehead atoms. The molecule has 136 valence electrons. The Bertz CT molecular complexity index is 671. The maximum absolute atomic E-state index is 12.5. The number of carbonyl (C=O) groups is 2. The van der Waals surface area contributed by atoms with E-state index in [1.165, 1.54) is 6.92 Å². The third-order valence-corrected chi connectivity index (χ3v) is 4.99. The van der Waals surface area contributed by atoms with E-state index in [0.29, 0.717) is 26.3 Å². The monoisotopic (exact) mass is 346 g/mol. The van der Waals surface area contributed by atoms with Gasteiger partial charge in [-0.05, 0) is 30.5 Å². The van der Waals surface area contributed by atoms with Crippen molar-refractivity contribution >= 4 is 11.8 Å². The summed E-state index contributed by atoms with van der Waals surface area (Å²) < 4.78 is 11.2. The average Bonchev–Trinajstić information content (AvgIpc) is 3.09. The Hall–Kier alpha value is -2.24. The molecule has 2 amide bonds. The van der Waals surface area contributed by atoms with Crippen LogP contribution in [0.4, 0.5) is 0 Å². The second kappa shape index (κ2) is 6.94. The molecule has 6 nitrogen and oxygen atoms in total. The third kappa shape index (κ3) is 3.72. The molecule has 1 aromatic carbocycles. The first-order valence-electron chi connectivity index (χ1n) is 8.83. The molecule has 2 heterocycles. The molecule has 1 fully saturated rings. The maximum atomic E-state index is 12.5. The Morgan fingerprint density at radius 2 is 1.96 bits per heavy atom. The lowest BCUT2D eigenvalue weighted by Crippen LogP contribution is -2.48. The minimum Gasteiger partial charge on any atom is -0.486 e. The van der Waals surface area contributed by atoms with Crippen LogP contribution in [0.25, 0.3) is 0 Å². The second-order valence-electron chi connectivity index (χ2n) is 7.33. The van der Waals surface area contributed by atoms with Gasteiger partial charge in [-0.2, -0.15) is 0 Å². The molecule has 1 aromatic rings. The first-order valence-corrected chi connectivity index (χ1v) is 8.83. The van der Waals surface area contributed by atoms with Crippen LogP contribution in [-0.4, -0.2) is 49.1 Å². The lowest BCUT2D eigenvalue weighted by Gasteiger charge is -2.29. The molecule has 0 radical (unpaired) electrons. The summed E-state index contributed by atoms with van der Waals surface area (Å²) in [6.07, 6.45) is 1.61. The molecule has 1 saturated heterocycles. The van der Waals surface area contributed by atoms with Gasteiger partial charge in [-0.3, -0.25) is 9.59 Å². The van der Waals surface area contributed by atoms with Crippen LogP contribution in [0.2, 0.25) is 0 Å². The van der Waals surface area contributed by atoms with Gasteiger partial charge in [0.1, 0.15) is 19.3 Å². The fourth-order valence-corrected chi connectivity index (χ4v) is 3.41. The molecule has 6 heteroatoms. The molecule has 1 N–H and O–H groups in total. The van der Waals surface area contributed by atoms with Crippen molar-refractivity contribution in [1.29, 1.82) is 0 Å². The number of carbonyl (C=O) groups excluding carboxylic acids is 2. The van der Waals surface area contributed by atoms with E-state index in [2.05, 4.69) is 19.2 Å². The van der Waals surface area contributed by atoms with Crippen LogP contribution in [-0.2, 0) is 15.0 Å². The van der Waals surface area contributed by atoms with Crippen molar-refractivity contribution in [2.75, 3.05) is 26.3 Å². The first kappa shape index (κ1) is 17.6. The predicted molar refractivity (Wildman–Crippen MR) is 93.9 cm³/mol. The topological polar surface area (TPSA) is 67.9 Å². The number of likely N-dealkylation sites (tertiary alicyclic amines) is 1. The van der Waals surface area contributed by atoms with Crippen LogP contribution < -0.4 is 14.8 Å². The van der Waals surface area contributed by atoms with E-state index in [4.69, 9.17) is 9.47 Å². The van der Waals surface area contributed by atoms with Crippen molar-refractivity contribution in [2.45, 2.75) is 45.1 Å². The zero-order valence-corrected chi connectivity index (χ0v) is 15.1. The predicted octanol–water partition coefficient (Wildman–Crippen LogP) is 1.86.